The molecule has 4 rings (SSSR count). The number of fused-ring (bicyclic) bond motifs is 1. The minimum absolute atomic E-state index is 0.160. The van der Waals surface area contributed by atoms with Crippen LogP contribution in [0.3, 0.4) is 0 Å². The summed E-state index contributed by atoms with van der Waals surface area (Å²) >= 11 is 0. The van der Waals surface area contributed by atoms with Crippen LogP contribution in [0.4, 0.5) is 5.95 Å². The molecule has 1 N–H and O–H groups in total. The highest BCUT2D eigenvalue weighted by atomic mass is 16.1. The van der Waals surface area contributed by atoms with E-state index >= 15 is 0 Å². The number of nitrogens with one attached hydrogen (secondary N) is 1. The molecule has 4 heteroatoms. The SMILES string of the molecule is O=C1C[C@@H](c2ccccc2)Cc2nc(NC3CCCC3)ncc21. The molecule has 0 radical (unpaired) electrons. The lowest BCUT2D eigenvalue weighted by Crippen LogP contribution is -2.23. The lowest BCUT2D eigenvalue weighted by Gasteiger charge is -2.23. The molecule has 1 aromatic carbocycles. The van der Waals surface area contributed by atoms with E-state index in [4.69, 9.17) is 0 Å². The largest absolute Gasteiger partial charge is 0.351 e. The summed E-state index contributed by atoms with van der Waals surface area (Å²) in [6.45, 7) is 0. The monoisotopic (exact) mass is 307 g/mol. The number of carbonyl (C=O) groups excluding carboxylic acids is 1. The molecule has 118 valence electrons. The van der Waals surface area contributed by atoms with E-state index in [1.54, 1.807) is 6.20 Å². The Morgan fingerprint density at radius 3 is 2.61 bits per heavy atom. The van der Waals surface area contributed by atoms with Gasteiger partial charge in [0, 0.05) is 18.7 Å². The predicted octanol–water partition coefficient (Wildman–Crippen LogP) is 3.74. The van der Waals surface area contributed by atoms with Crippen molar-refractivity contribution in [3.8, 4) is 0 Å². The third kappa shape index (κ3) is 2.98. The van der Waals surface area contributed by atoms with Crippen molar-refractivity contribution in [3.05, 3.63) is 53.3 Å². The first kappa shape index (κ1) is 14.4. The third-order valence-corrected chi connectivity index (χ3v) is 5.00. The van der Waals surface area contributed by atoms with Crippen LogP contribution in [0.25, 0.3) is 0 Å². The molecule has 1 saturated carbocycles. The van der Waals surface area contributed by atoms with Gasteiger partial charge in [0.05, 0.1) is 11.3 Å². The maximum Gasteiger partial charge on any atom is 0.223 e. The Hall–Kier alpha value is -2.23. The zero-order valence-electron chi connectivity index (χ0n) is 13.2. The summed E-state index contributed by atoms with van der Waals surface area (Å²) in [5.41, 5.74) is 2.81. The van der Waals surface area contributed by atoms with E-state index in [9.17, 15) is 4.79 Å². The number of hydrogen-bond donors (Lipinski definition) is 1. The molecule has 0 amide bonds. The Kier molecular flexibility index (Phi) is 3.82. The lowest BCUT2D eigenvalue weighted by atomic mass is 9.82. The van der Waals surface area contributed by atoms with Crippen LogP contribution in [-0.4, -0.2) is 21.8 Å². The Morgan fingerprint density at radius 1 is 1.04 bits per heavy atom. The summed E-state index contributed by atoms with van der Waals surface area (Å²) < 4.78 is 0. The summed E-state index contributed by atoms with van der Waals surface area (Å²) in [7, 11) is 0. The second-order valence-corrected chi connectivity index (χ2v) is 6.62. The average Bonchev–Trinajstić information content (AvgIpc) is 3.08. The van der Waals surface area contributed by atoms with Gasteiger partial charge in [-0.3, -0.25) is 4.79 Å². The van der Waals surface area contributed by atoms with Gasteiger partial charge in [-0.2, -0.15) is 0 Å². The maximum absolute atomic E-state index is 12.4. The topological polar surface area (TPSA) is 54.9 Å². The van der Waals surface area contributed by atoms with Crippen LogP contribution in [0, 0.1) is 0 Å². The first-order chi connectivity index (χ1) is 11.3. The van der Waals surface area contributed by atoms with E-state index in [-0.39, 0.29) is 11.7 Å². The van der Waals surface area contributed by atoms with Crippen LogP contribution in [0.1, 0.15) is 59.6 Å². The molecule has 2 aromatic rings. The molecule has 1 heterocycles. The van der Waals surface area contributed by atoms with Gasteiger partial charge in [-0.25, -0.2) is 9.97 Å². The van der Waals surface area contributed by atoms with Gasteiger partial charge in [0.1, 0.15) is 0 Å². The number of benzene rings is 1. The van der Waals surface area contributed by atoms with Crippen LogP contribution in [0.15, 0.2) is 36.5 Å². The number of carbonyl (C=O) groups is 1. The first-order valence-electron chi connectivity index (χ1n) is 8.50. The number of Topliss-reactive ketones (excluding diaryl/α,β-unsaturated/α-hetero) is 1. The van der Waals surface area contributed by atoms with Crippen LogP contribution >= 0.6 is 0 Å². The standard InChI is InChI=1S/C19H21N3O/c23-18-11-14(13-6-2-1-3-7-13)10-17-16(18)12-20-19(22-17)21-15-8-4-5-9-15/h1-3,6-7,12,14-15H,4-5,8-11H2,(H,20,21,22)/t14-/m0/s1. The molecule has 0 aliphatic heterocycles. The Balaban J connectivity index is 1.58. The lowest BCUT2D eigenvalue weighted by molar-refractivity contribution is 0.0962. The van der Waals surface area contributed by atoms with Crippen molar-refractivity contribution < 1.29 is 4.79 Å². The molecule has 4 nitrogen and oxygen atoms in total. The van der Waals surface area contributed by atoms with E-state index in [0.717, 1.165) is 12.1 Å². The fraction of sp³-hybridized carbons (Fsp3) is 0.421. The van der Waals surface area contributed by atoms with Gasteiger partial charge in [0.15, 0.2) is 5.78 Å². The van der Waals surface area contributed by atoms with Crippen LogP contribution in [0.5, 0.6) is 0 Å². The fourth-order valence-corrected chi connectivity index (χ4v) is 3.73. The van der Waals surface area contributed by atoms with Gasteiger partial charge in [0.2, 0.25) is 5.95 Å². The van der Waals surface area contributed by atoms with Gasteiger partial charge >= 0.3 is 0 Å². The molecular formula is C19H21N3O. The van der Waals surface area contributed by atoms with Gasteiger partial charge in [-0.15, -0.1) is 0 Å². The number of ketones is 1. The number of hydrogen-bond acceptors (Lipinski definition) is 4. The van der Waals surface area contributed by atoms with Gasteiger partial charge < -0.3 is 5.32 Å². The molecule has 1 aromatic heterocycles. The van der Waals surface area contributed by atoms with Crippen molar-refractivity contribution >= 4 is 11.7 Å². The van der Waals surface area contributed by atoms with Gasteiger partial charge in [-0.05, 0) is 30.7 Å². The number of rotatable bonds is 3. The second kappa shape index (κ2) is 6.11. The first-order valence-corrected chi connectivity index (χ1v) is 8.50. The summed E-state index contributed by atoms with van der Waals surface area (Å²) in [5.74, 6) is 1.06. The maximum atomic E-state index is 12.4. The number of aromatic nitrogens is 2. The van der Waals surface area contributed by atoms with Crippen LogP contribution < -0.4 is 5.32 Å². The number of nitrogens with zero attached hydrogens (tertiary/aromatic N) is 2. The summed E-state index contributed by atoms with van der Waals surface area (Å²) in [4.78, 5) is 21.4. The smallest absolute Gasteiger partial charge is 0.223 e. The van der Waals surface area contributed by atoms with Crippen molar-refractivity contribution in [1.82, 2.24) is 9.97 Å². The van der Waals surface area contributed by atoms with Gasteiger partial charge in [0.25, 0.3) is 0 Å². The fourth-order valence-electron chi connectivity index (χ4n) is 3.73. The van der Waals surface area contributed by atoms with Crippen molar-refractivity contribution in [1.29, 1.82) is 0 Å². The molecule has 1 fully saturated rings. The predicted molar refractivity (Wildman–Crippen MR) is 89.7 cm³/mol. The highest BCUT2D eigenvalue weighted by Crippen LogP contribution is 2.32. The van der Waals surface area contributed by atoms with Crippen molar-refractivity contribution in [3.63, 3.8) is 0 Å². The summed E-state index contributed by atoms with van der Waals surface area (Å²) in [6, 6.07) is 10.7. The highest BCUT2D eigenvalue weighted by molar-refractivity contribution is 5.98. The van der Waals surface area contributed by atoms with Crippen LogP contribution in [-0.2, 0) is 6.42 Å². The highest BCUT2D eigenvalue weighted by Gasteiger charge is 2.28. The zero-order chi connectivity index (χ0) is 15.6. The Morgan fingerprint density at radius 2 is 1.83 bits per heavy atom. The minimum atomic E-state index is 0.160. The summed E-state index contributed by atoms with van der Waals surface area (Å²) in [6.07, 6.45) is 8.00. The van der Waals surface area contributed by atoms with Crippen molar-refractivity contribution in [2.45, 2.75) is 50.5 Å². The summed E-state index contributed by atoms with van der Waals surface area (Å²) in [5, 5.41) is 3.43. The van der Waals surface area contributed by atoms with Crippen molar-refractivity contribution in [2.24, 2.45) is 0 Å². The zero-order valence-corrected chi connectivity index (χ0v) is 13.2. The normalized spacial score (nSPS) is 21.2. The van der Waals surface area contributed by atoms with E-state index in [2.05, 4.69) is 27.4 Å². The molecule has 1 atom stereocenters. The second-order valence-electron chi connectivity index (χ2n) is 6.62. The molecule has 2 aliphatic carbocycles. The quantitative estimate of drug-likeness (QED) is 0.938. The third-order valence-electron chi connectivity index (χ3n) is 5.00. The molecule has 23 heavy (non-hydrogen) atoms. The van der Waals surface area contributed by atoms with E-state index in [0.29, 0.717) is 24.0 Å². The molecular weight excluding hydrogens is 286 g/mol. The number of anilines is 1. The minimum Gasteiger partial charge on any atom is -0.351 e. The van der Waals surface area contributed by atoms with E-state index in [1.165, 1.54) is 31.2 Å². The van der Waals surface area contributed by atoms with Gasteiger partial charge in [-0.1, -0.05) is 43.2 Å². The molecule has 0 bridgehead atoms. The Bertz CT molecular complexity index is 708. The van der Waals surface area contributed by atoms with Crippen LogP contribution in [0.2, 0.25) is 0 Å². The molecule has 0 saturated heterocycles. The molecule has 0 spiro atoms. The van der Waals surface area contributed by atoms with E-state index < -0.39 is 0 Å². The molecule has 2 aliphatic rings. The Labute approximate surface area is 136 Å². The van der Waals surface area contributed by atoms with E-state index in [1.807, 2.05) is 18.2 Å². The van der Waals surface area contributed by atoms with Crippen molar-refractivity contribution in [2.75, 3.05) is 5.32 Å². The average molecular weight is 307 g/mol. The molecule has 0 unspecified atom stereocenters.